The Balaban J connectivity index is 1.72. The number of hydrogen-bond donors (Lipinski definition) is 0. The van der Waals surface area contributed by atoms with E-state index in [9.17, 15) is 19.2 Å². The lowest BCUT2D eigenvalue weighted by Gasteiger charge is -2.62. The molecule has 0 N–H and O–H groups in total. The molecule has 0 aromatic heterocycles. The van der Waals surface area contributed by atoms with Crippen molar-refractivity contribution in [2.24, 2.45) is 33.5 Å². The average Bonchev–Trinajstić information content (AvgIpc) is 3.07. The maximum absolute atomic E-state index is 14.0. The monoisotopic (exact) mass is 554 g/mol. The lowest BCUT2D eigenvalue weighted by Crippen LogP contribution is -2.57. The Hall–Kier alpha value is -2.08. The van der Waals surface area contributed by atoms with Crippen LogP contribution in [0.4, 0.5) is 0 Å². The second-order valence-electron chi connectivity index (χ2n) is 14.1. The predicted octanol–water partition coefficient (Wildman–Crippen LogP) is 6.75. The molecule has 40 heavy (non-hydrogen) atoms. The molecule has 222 valence electrons. The number of carbonyl (C=O) groups excluding carboxylic acids is 4. The van der Waals surface area contributed by atoms with Gasteiger partial charge in [0.15, 0.2) is 11.6 Å². The number of Topliss-reactive ketones (excluding diaryl/α,β-unsaturated/α-hetero) is 2. The third-order valence-corrected chi connectivity index (χ3v) is 12.0. The molecule has 0 aromatic carbocycles. The van der Waals surface area contributed by atoms with Crippen LogP contribution in [0.5, 0.6) is 0 Å². The molecule has 4 rings (SSSR count). The third-order valence-electron chi connectivity index (χ3n) is 12.0. The molecule has 0 radical (unpaired) electrons. The molecule has 4 aliphatic carbocycles. The highest BCUT2D eigenvalue weighted by molar-refractivity contribution is 6.02. The summed E-state index contributed by atoms with van der Waals surface area (Å²) >= 11 is 0. The first kappa shape index (κ1) is 30.9. The van der Waals surface area contributed by atoms with Crippen LogP contribution in [0.25, 0.3) is 0 Å². The first-order chi connectivity index (χ1) is 18.6. The largest absolute Gasteiger partial charge is 0.462 e. The van der Waals surface area contributed by atoms with E-state index >= 15 is 0 Å². The fourth-order valence-electron chi connectivity index (χ4n) is 9.85. The molecule has 0 bridgehead atoms. The van der Waals surface area contributed by atoms with Crippen molar-refractivity contribution >= 4 is 23.3 Å². The van der Waals surface area contributed by atoms with Crippen molar-refractivity contribution in [3.63, 3.8) is 0 Å². The van der Waals surface area contributed by atoms with Crippen LogP contribution >= 0.6 is 0 Å². The fourth-order valence-corrected chi connectivity index (χ4v) is 9.85. The summed E-state index contributed by atoms with van der Waals surface area (Å²) in [7, 11) is 1.58. The number of fused-ring (bicyclic) bond motifs is 4. The lowest BCUT2D eigenvalue weighted by atomic mass is 9.42. The normalized spacial score (nSPS) is 38.5. The molecule has 8 unspecified atom stereocenters. The first-order valence-corrected chi connectivity index (χ1v) is 15.3. The van der Waals surface area contributed by atoms with Gasteiger partial charge in [0.05, 0.1) is 5.41 Å². The van der Waals surface area contributed by atoms with Crippen molar-refractivity contribution in [2.45, 2.75) is 125 Å². The van der Waals surface area contributed by atoms with Gasteiger partial charge in [0, 0.05) is 37.7 Å². The Morgan fingerprint density at radius 2 is 1.70 bits per heavy atom. The van der Waals surface area contributed by atoms with E-state index in [4.69, 9.17) is 9.47 Å². The van der Waals surface area contributed by atoms with E-state index in [1.807, 2.05) is 13.0 Å². The summed E-state index contributed by atoms with van der Waals surface area (Å²) in [5, 5.41) is 0. The maximum atomic E-state index is 14.0. The van der Waals surface area contributed by atoms with Crippen LogP contribution < -0.4 is 0 Å². The molecule has 0 saturated heterocycles. The molecule has 1 saturated carbocycles. The van der Waals surface area contributed by atoms with E-state index in [0.29, 0.717) is 19.3 Å². The van der Waals surface area contributed by atoms with Crippen LogP contribution in [0.15, 0.2) is 22.8 Å². The molecule has 6 heteroatoms. The van der Waals surface area contributed by atoms with Crippen LogP contribution in [-0.2, 0) is 28.7 Å². The number of methoxy groups -OCH3 is 1. The van der Waals surface area contributed by atoms with E-state index in [-0.39, 0.29) is 52.1 Å². The first-order valence-electron chi connectivity index (χ1n) is 15.3. The van der Waals surface area contributed by atoms with Crippen molar-refractivity contribution < 1.29 is 28.7 Å². The van der Waals surface area contributed by atoms with Crippen LogP contribution in [0.2, 0.25) is 0 Å². The van der Waals surface area contributed by atoms with Crippen molar-refractivity contribution in [3.05, 3.63) is 22.8 Å². The van der Waals surface area contributed by atoms with Gasteiger partial charge in [-0.05, 0) is 82.1 Å². The zero-order valence-corrected chi connectivity index (χ0v) is 26.2. The summed E-state index contributed by atoms with van der Waals surface area (Å²) in [5.74, 6) is 0.250. The van der Waals surface area contributed by atoms with Crippen LogP contribution in [-0.4, -0.2) is 42.6 Å². The number of hydrogen-bond acceptors (Lipinski definition) is 6. The highest BCUT2D eigenvalue weighted by Crippen LogP contribution is 2.70. The van der Waals surface area contributed by atoms with Crippen molar-refractivity contribution in [1.82, 2.24) is 0 Å². The van der Waals surface area contributed by atoms with Gasteiger partial charge < -0.3 is 14.3 Å². The standard InChI is InChI=1S/C34H50O6/c1-10-27(39-9)26(37)17-20(2)25-18-29(38)34(8)24-11-12-28-31(5,23(24)13-16-33(25,34)7)15-14-30(40-22(4)36)32(28,6)19-21(3)35/h18,20,27-28,30H,10-17,19H2,1-9H3. The predicted molar refractivity (Wildman–Crippen MR) is 154 cm³/mol. The second kappa shape index (κ2) is 10.6. The van der Waals surface area contributed by atoms with Gasteiger partial charge in [-0.3, -0.25) is 14.4 Å². The van der Waals surface area contributed by atoms with Gasteiger partial charge in [-0.2, -0.15) is 0 Å². The minimum absolute atomic E-state index is 0.0282. The van der Waals surface area contributed by atoms with E-state index in [2.05, 4.69) is 34.6 Å². The van der Waals surface area contributed by atoms with Gasteiger partial charge in [0.25, 0.3) is 0 Å². The molecule has 8 atom stereocenters. The van der Waals surface area contributed by atoms with Gasteiger partial charge in [-0.25, -0.2) is 0 Å². The Morgan fingerprint density at radius 1 is 1.02 bits per heavy atom. The molecule has 6 nitrogen and oxygen atoms in total. The van der Waals surface area contributed by atoms with E-state index in [1.54, 1.807) is 14.0 Å². The molecule has 0 amide bonds. The summed E-state index contributed by atoms with van der Waals surface area (Å²) in [4.78, 5) is 51.5. The summed E-state index contributed by atoms with van der Waals surface area (Å²) < 4.78 is 11.3. The highest BCUT2D eigenvalue weighted by atomic mass is 16.5. The number of esters is 1. The molecule has 0 aliphatic heterocycles. The minimum atomic E-state index is -0.629. The Bertz CT molecular complexity index is 1160. The molecule has 0 spiro atoms. The molecule has 0 aromatic rings. The molecule has 1 fully saturated rings. The molecule has 0 heterocycles. The molecular weight excluding hydrogens is 504 g/mol. The summed E-state index contributed by atoms with van der Waals surface area (Å²) in [6.45, 7) is 16.0. The minimum Gasteiger partial charge on any atom is -0.462 e. The van der Waals surface area contributed by atoms with Crippen molar-refractivity contribution in [2.75, 3.05) is 7.11 Å². The maximum Gasteiger partial charge on any atom is 0.302 e. The topological polar surface area (TPSA) is 86.7 Å². The summed E-state index contributed by atoms with van der Waals surface area (Å²) in [6.07, 6.45) is 7.64. The van der Waals surface area contributed by atoms with Crippen molar-refractivity contribution in [1.29, 1.82) is 0 Å². The van der Waals surface area contributed by atoms with E-state index < -0.39 is 16.9 Å². The molecular formula is C34H50O6. The Kier molecular flexibility index (Phi) is 8.21. The number of ketones is 3. The van der Waals surface area contributed by atoms with Gasteiger partial charge in [0.1, 0.15) is 18.0 Å². The highest BCUT2D eigenvalue weighted by Gasteiger charge is 2.65. The van der Waals surface area contributed by atoms with Gasteiger partial charge >= 0.3 is 5.97 Å². The van der Waals surface area contributed by atoms with Crippen molar-refractivity contribution in [3.8, 4) is 0 Å². The van der Waals surface area contributed by atoms with Gasteiger partial charge in [0.2, 0.25) is 0 Å². The van der Waals surface area contributed by atoms with E-state index in [0.717, 1.165) is 44.1 Å². The van der Waals surface area contributed by atoms with E-state index in [1.165, 1.54) is 18.1 Å². The zero-order chi connectivity index (χ0) is 29.8. The SMILES string of the molecule is CCC(OC)C(=O)CC(C)C1=CC(=O)C2(C)C3=C(CCC12C)C1(C)CCC(OC(C)=O)C(C)(CC(C)=O)C1CC3. The summed E-state index contributed by atoms with van der Waals surface area (Å²) in [6, 6.07) is 0. The number of carbonyl (C=O) groups is 4. The van der Waals surface area contributed by atoms with Crippen LogP contribution in [0, 0.1) is 33.5 Å². The van der Waals surface area contributed by atoms with Gasteiger partial charge in [-0.1, -0.05) is 51.3 Å². The number of rotatable bonds is 9. The average molecular weight is 555 g/mol. The smallest absolute Gasteiger partial charge is 0.302 e. The van der Waals surface area contributed by atoms with Crippen LogP contribution in [0.1, 0.15) is 113 Å². The Morgan fingerprint density at radius 3 is 2.27 bits per heavy atom. The number of ether oxygens (including phenoxy) is 2. The lowest BCUT2D eigenvalue weighted by molar-refractivity contribution is -0.172. The zero-order valence-electron chi connectivity index (χ0n) is 26.2. The number of allylic oxidation sites excluding steroid dienone is 4. The molecule has 4 aliphatic rings. The van der Waals surface area contributed by atoms with Gasteiger partial charge in [-0.15, -0.1) is 0 Å². The fraction of sp³-hybridized carbons (Fsp3) is 0.765. The van der Waals surface area contributed by atoms with Crippen LogP contribution in [0.3, 0.4) is 0 Å². The second-order valence-corrected chi connectivity index (χ2v) is 14.1. The Labute approximate surface area is 240 Å². The third kappa shape index (κ3) is 4.48. The quantitative estimate of drug-likeness (QED) is 0.232. The summed E-state index contributed by atoms with van der Waals surface area (Å²) in [5.41, 5.74) is 2.23.